The zero-order valence-electron chi connectivity index (χ0n) is 13.9. The van der Waals surface area contributed by atoms with E-state index in [2.05, 4.69) is 10.2 Å². The van der Waals surface area contributed by atoms with Crippen molar-refractivity contribution in [2.24, 2.45) is 0 Å². The number of carbonyl (C=O) groups excluding carboxylic acids is 1. The van der Waals surface area contributed by atoms with Crippen LogP contribution in [0.3, 0.4) is 0 Å². The van der Waals surface area contributed by atoms with Crippen LogP contribution in [-0.4, -0.2) is 23.3 Å². The third-order valence-corrected chi connectivity index (χ3v) is 4.09. The molecule has 1 aromatic heterocycles. The lowest BCUT2D eigenvalue weighted by atomic mass is 10.2. The minimum absolute atomic E-state index is 0.183. The van der Waals surface area contributed by atoms with Gasteiger partial charge in [0.1, 0.15) is 0 Å². The molecule has 0 spiro atoms. The lowest BCUT2D eigenvalue weighted by Gasteiger charge is -2.11. The number of ether oxygens (including phenoxy) is 2. The van der Waals surface area contributed by atoms with Crippen molar-refractivity contribution in [3.05, 3.63) is 64.0 Å². The number of methoxy groups -OCH3 is 1. The summed E-state index contributed by atoms with van der Waals surface area (Å²) in [7, 11) is 1.44. The Balaban J connectivity index is 1.75. The van der Waals surface area contributed by atoms with Gasteiger partial charge < -0.3 is 13.9 Å². The summed E-state index contributed by atoms with van der Waals surface area (Å²) in [6.45, 7) is 1.63. The van der Waals surface area contributed by atoms with Crippen molar-refractivity contribution < 1.29 is 18.7 Å². The van der Waals surface area contributed by atoms with Crippen LogP contribution in [0, 0.1) is 0 Å². The monoisotopic (exact) mass is 392 g/mol. The maximum Gasteiger partial charge on any atom is 0.339 e. The summed E-state index contributed by atoms with van der Waals surface area (Å²) in [5.41, 5.74) is 0.967. The second kappa shape index (κ2) is 7.76. The molecule has 0 amide bonds. The minimum atomic E-state index is -0.743. The summed E-state index contributed by atoms with van der Waals surface area (Å²) < 4.78 is 16.0. The Hall–Kier alpha value is -2.57. The fourth-order valence-electron chi connectivity index (χ4n) is 2.25. The molecule has 26 heavy (non-hydrogen) atoms. The van der Waals surface area contributed by atoms with Crippen LogP contribution in [0.5, 0.6) is 5.75 Å². The van der Waals surface area contributed by atoms with Crippen molar-refractivity contribution in [1.82, 2.24) is 10.2 Å². The second-order valence-corrected chi connectivity index (χ2v) is 6.15. The molecule has 3 aromatic rings. The first-order chi connectivity index (χ1) is 12.5. The summed E-state index contributed by atoms with van der Waals surface area (Å²) in [6.07, 6.45) is -0.743. The molecule has 0 bridgehead atoms. The summed E-state index contributed by atoms with van der Waals surface area (Å²) >= 11 is 12.1. The van der Waals surface area contributed by atoms with E-state index in [9.17, 15) is 4.79 Å². The molecule has 0 aliphatic carbocycles. The van der Waals surface area contributed by atoms with E-state index in [-0.39, 0.29) is 21.5 Å². The fraction of sp³-hybridized carbons (Fsp3) is 0.167. The number of carbonyl (C=O) groups is 1. The molecular weight excluding hydrogens is 379 g/mol. The lowest BCUT2D eigenvalue weighted by molar-refractivity contribution is 0.0280. The summed E-state index contributed by atoms with van der Waals surface area (Å²) in [5, 5.41) is 8.33. The maximum atomic E-state index is 12.3. The van der Waals surface area contributed by atoms with E-state index < -0.39 is 12.1 Å². The molecule has 0 N–H and O–H groups in total. The molecule has 0 radical (unpaired) electrons. The summed E-state index contributed by atoms with van der Waals surface area (Å²) in [4.78, 5) is 12.3. The van der Waals surface area contributed by atoms with Crippen LogP contribution in [0.25, 0.3) is 11.5 Å². The number of nitrogens with zero attached hydrogens (tertiary/aromatic N) is 2. The number of rotatable bonds is 5. The maximum absolute atomic E-state index is 12.3. The number of hydrogen-bond donors (Lipinski definition) is 0. The summed E-state index contributed by atoms with van der Waals surface area (Å²) in [5.74, 6) is 0.202. The third-order valence-electron chi connectivity index (χ3n) is 3.53. The molecule has 3 rings (SSSR count). The fourth-order valence-corrected chi connectivity index (χ4v) is 2.89. The molecule has 1 heterocycles. The molecule has 0 unspecified atom stereocenters. The van der Waals surface area contributed by atoms with Gasteiger partial charge in [-0.3, -0.25) is 0 Å². The first-order valence-electron chi connectivity index (χ1n) is 7.62. The molecule has 0 saturated heterocycles. The summed E-state index contributed by atoms with van der Waals surface area (Å²) in [6, 6.07) is 12.1. The van der Waals surface area contributed by atoms with Crippen LogP contribution in [0.15, 0.2) is 46.9 Å². The normalized spacial score (nSPS) is 11.8. The van der Waals surface area contributed by atoms with Gasteiger partial charge in [-0.2, -0.15) is 0 Å². The molecule has 1 atom stereocenters. The number of aromatic nitrogens is 2. The van der Waals surface area contributed by atoms with Gasteiger partial charge in [0.15, 0.2) is 11.9 Å². The van der Waals surface area contributed by atoms with Gasteiger partial charge in [-0.15, -0.1) is 10.2 Å². The van der Waals surface area contributed by atoms with Crippen LogP contribution in [0.4, 0.5) is 0 Å². The zero-order chi connectivity index (χ0) is 18.7. The Bertz CT molecular complexity index is 905. The van der Waals surface area contributed by atoms with Crippen molar-refractivity contribution in [2.45, 2.75) is 13.0 Å². The van der Waals surface area contributed by atoms with E-state index in [0.717, 1.165) is 5.56 Å². The average molecular weight is 393 g/mol. The van der Waals surface area contributed by atoms with Crippen molar-refractivity contribution in [3.8, 4) is 17.2 Å². The van der Waals surface area contributed by atoms with Gasteiger partial charge in [-0.25, -0.2) is 4.79 Å². The van der Waals surface area contributed by atoms with Gasteiger partial charge in [0.2, 0.25) is 5.89 Å². The van der Waals surface area contributed by atoms with Crippen LogP contribution in [0.1, 0.15) is 29.3 Å². The molecular formula is C18H14Cl2N2O4. The molecule has 0 fully saturated rings. The van der Waals surface area contributed by atoms with Crippen molar-refractivity contribution in [3.63, 3.8) is 0 Å². The number of esters is 1. The highest BCUT2D eigenvalue weighted by molar-refractivity contribution is 6.37. The molecule has 6 nitrogen and oxygen atoms in total. The molecule has 0 aliphatic rings. The van der Waals surface area contributed by atoms with Crippen molar-refractivity contribution >= 4 is 29.2 Å². The number of hydrogen-bond acceptors (Lipinski definition) is 6. The predicted molar refractivity (Wildman–Crippen MR) is 96.6 cm³/mol. The highest BCUT2D eigenvalue weighted by Gasteiger charge is 2.21. The Morgan fingerprint density at radius 1 is 1.12 bits per heavy atom. The Kier molecular flexibility index (Phi) is 5.44. The lowest BCUT2D eigenvalue weighted by Crippen LogP contribution is -2.10. The first-order valence-corrected chi connectivity index (χ1v) is 8.38. The van der Waals surface area contributed by atoms with Crippen LogP contribution in [0.2, 0.25) is 10.0 Å². The number of benzene rings is 2. The molecule has 134 valence electrons. The van der Waals surface area contributed by atoms with Crippen molar-refractivity contribution in [2.75, 3.05) is 7.11 Å². The quantitative estimate of drug-likeness (QED) is 0.570. The Morgan fingerprint density at radius 2 is 1.77 bits per heavy atom. The van der Waals surface area contributed by atoms with Crippen LogP contribution in [-0.2, 0) is 4.74 Å². The van der Waals surface area contributed by atoms with E-state index in [1.807, 2.05) is 30.3 Å². The van der Waals surface area contributed by atoms with Gasteiger partial charge in [0, 0.05) is 5.56 Å². The number of halogens is 2. The largest absolute Gasteiger partial charge is 0.494 e. The van der Waals surface area contributed by atoms with Gasteiger partial charge in [-0.1, -0.05) is 41.4 Å². The van der Waals surface area contributed by atoms with Crippen LogP contribution >= 0.6 is 23.2 Å². The molecule has 0 saturated carbocycles. The second-order valence-electron chi connectivity index (χ2n) is 5.33. The Labute approximate surface area is 159 Å². The Morgan fingerprint density at radius 3 is 2.38 bits per heavy atom. The highest BCUT2D eigenvalue weighted by Crippen LogP contribution is 2.34. The predicted octanol–water partition coefficient (Wildman–Crippen LogP) is 4.97. The SMILES string of the molecule is COc1c(Cl)cc(C(=O)O[C@@H](C)c2nnc(-c3ccccc3)o2)cc1Cl. The standard InChI is InChI=1S/C18H14Cl2N2O4/c1-10(16-21-22-17(26-16)11-6-4-3-5-7-11)25-18(23)12-8-13(19)15(24-2)14(20)9-12/h3-10H,1-2H3/t10-/m0/s1. The first kappa shape index (κ1) is 18.2. The van der Waals surface area contributed by atoms with E-state index in [1.165, 1.54) is 19.2 Å². The average Bonchev–Trinajstić information content (AvgIpc) is 3.12. The smallest absolute Gasteiger partial charge is 0.339 e. The van der Waals surface area contributed by atoms with Gasteiger partial charge in [-0.05, 0) is 31.2 Å². The van der Waals surface area contributed by atoms with E-state index in [0.29, 0.717) is 11.6 Å². The minimum Gasteiger partial charge on any atom is -0.494 e. The topological polar surface area (TPSA) is 74.5 Å². The molecule has 0 aliphatic heterocycles. The van der Waals surface area contributed by atoms with E-state index in [4.69, 9.17) is 37.1 Å². The van der Waals surface area contributed by atoms with Gasteiger partial charge >= 0.3 is 5.97 Å². The van der Waals surface area contributed by atoms with Crippen molar-refractivity contribution in [1.29, 1.82) is 0 Å². The zero-order valence-corrected chi connectivity index (χ0v) is 15.4. The van der Waals surface area contributed by atoms with E-state index >= 15 is 0 Å². The van der Waals surface area contributed by atoms with E-state index in [1.54, 1.807) is 6.92 Å². The van der Waals surface area contributed by atoms with Gasteiger partial charge in [0.25, 0.3) is 5.89 Å². The van der Waals surface area contributed by atoms with Gasteiger partial charge in [0.05, 0.1) is 22.7 Å². The third kappa shape index (κ3) is 3.81. The molecule has 8 heteroatoms. The highest BCUT2D eigenvalue weighted by atomic mass is 35.5. The molecule has 2 aromatic carbocycles. The van der Waals surface area contributed by atoms with Crippen LogP contribution < -0.4 is 4.74 Å².